The van der Waals surface area contributed by atoms with Gasteiger partial charge in [0.2, 0.25) is 0 Å². The molecule has 0 bridgehead atoms. The highest BCUT2D eigenvalue weighted by Gasteiger charge is 2.98. The monoisotopic (exact) mass is 1530 g/mol. The molecule has 560 valence electrons. The first-order valence-electron chi connectivity index (χ1n) is 21.4. The van der Waals surface area contributed by atoms with Gasteiger partial charge < -0.3 is 19.3 Å². The predicted octanol–water partition coefficient (Wildman–Crippen LogP) is 16.3. The van der Waals surface area contributed by atoms with E-state index >= 15 is 0 Å². The van der Waals surface area contributed by atoms with Crippen LogP contribution in [0.4, 0.5) is 224 Å². The van der Waals surface area contributed by atoms with E-state index in [0.29, 0.717) is 0 Å². The Kier molecular flexibility index (Phi) is 23.0. The van der Waals surface area contributed by atoms with E-state index in [1.807, 2.05) is 0 Å². The van der Waals surface area contributed by atoms with Crippen LogP contribution in [0.15, 0.2) is 0 Å². The number of hydrogen-bond acceptors (Lipinski definition) is 7. The van der Waals surface area contributed by atoms with Gasteiger partial charge in [-0.3, -0.25) is 9.59 Å². The SMILES string of the molecule is O=C(CC(O)(CC(=O)OCCC(F)(F)C(F)(F)C(F)(F)C(F)(F)C(F)(F)C(F)(F)C(F)(F)C(F)(F)F)C(=O)OCCC(F)(F)C(F)(F)C(F)(F)C(F)(F)C(F)(F)C(F)(F)C(F)(F)C(F)(F)F)OCCC(F)(F)C(F)(F)C(F)(F)C(F)(F)C(F)(F)C(F)(F)C(F)(F)C(F)(F)F. The maximum atomic E-state index is 14.4. The first-order valence-corrected chi connectivity index (χ1v) is 21.4. The van der Waals surface area contributed by atoms with Crippen molar-refractivity contribution in [1.82, 2.24) is 0 Å². The second kappa shape index (κ2) is 24.4. The molecular weight excluding hydrogens is 1510 g/mol. The summed E-state index contributed by atoms with van der Waals surface area (Å²) >= 11 is 0. The summed E-state index contributed by atoms with van der Waals surface area (Å²) in [7, 11) is 0. The van der Waals surface area contributed by atoms with E-state index in [1.54, 1.807) is 0 Å². The van der Waals surface area contributed by atoms with Gasteiger partial charge in [0.15, 0.2) is 5.60 Å². The second-order valence-electron chi connectivity index (χ2n) is 18.2. The Morgan fingerprint density at radius 2 is 0.351 bits per heavy atom. The van der Waals surface area contributed by atoms with Crippen LogP contribution in [-0.2, 0) is 28.6 Å². The average molecular weight is 1530 g/mol. The summed E-state index contributed by atoms with van der Waals surface area (Å²) in [5, 5.41) is 10.5. The minimum atomic E-state index is -9.39. The number of hydrogen-bond donors (Lipinski definition) is 1. The zero-order valence-electron chi connectivity index (χ0n) is 41.8. The fraction of sp³-hybridized carbons (Fsp3) is 0.917. The third kappa shape index (κ3) is 13.1. The summed E-state index contributed by atoms with van der Waals surface area (Å²) in [6, 6.07) is 0. The zero-order chi connectivity index (χ0) is 77.0. The minimum absolute atomic E-state index is 3.23. The number of rotatable bonds is 32. The maximum Gasteiger partial charge on any atom is 0.460 e. The highest BCUT2D eigenvalue weighted by Crippen LogP contribution is 2.68. The van der Waals surface area contributed by atoms with Gasteiger partial charge in [-0.25, -0.2) is 4.79 Å². The van der Waals surface area contributed by atoms with E-state index in [4.69, 9.17) is 0 Å². The number of alkyl halides is 51. The molecule has 0 unspecified atom stereocenters. The van der Waals surface area contributed by atoms with Gasteiger partial charge >= 0.3 is 161 Å². The Labute approximate surface area is 477 Å². The van der Waals surface area contributed by atoms with Gasteiger partial charge in [0.1, 0.15) is 0 Å². The lowest BCUT2D eigenvalue weighted by Gasteiger charge is -2.42. The molecule has 0 aliphatic rings. The van der Waals surface area contributed by atoms with E-state index in [1.165, 1.54) is 0 Å². The van der Waals surface area contributed by atoms with Crippen molar-refractivity contribution >= 4 is 17.9 Å². The van der Waals surface area contributed by atoms with Gasteiger partial charge in [-0.05, 0) is 0 Å². The van der Waals surface area contributed by atoms with Crippen LogP contribution in [0.5, 0.6) is 0 Å². The third-order valence-electron chi connectivity index (χ3n) is 11.6. The average Bonchev–Trinajstić information content (AvgIpc) is 0.709. The Bertz CT molecular complexity index is 2560. The highest BCUT2D eigenvalue weighted by molar-refractivity contribution is 5.90. The van der Waals surface area contributed by atoms with Crippen LogP contribution in [0, 0.1) is 0 Å². The van der Waals surface area contributed by atoms with Crippen LogP contribution < -0.4 is 0 Å². The van der Waals surface area contributed by atoms with Gasteiger partial charge in [0, 0.05) is 0 Å². The smallest absolute Gasteiger partial charge is 0.460 e. The van der Waals surface area contributed by atoms with Crippen molar-refractivity contribution in [3.05, 3.63) is 0 Å². The van der Waals surface area contributed by atoms with E-state index in [-0.39, 0.29) is 0 Å². The summed E-state index contributed by atoms with van der Waals surface area (Å²) in [4.78, 5) is 37.1. The fourth-order valence-electron chi connectivity index (χ4n) is 5.84. The molecule has 0 aliphatic carbocycles. The van der Waals surface area contributed by atoms with Crippen LogP contribution in [0.2, 0.25) is 0 Å². The summed E-state index contributed by atoms with van der Waals surface area (Å²) in [5.74, 6) is -197. The van der Waals surface area contributed by atoms with Crippen molar-refractivity contribution in [3.63, 3.8) is 0 Å². The van der Waals surface area contributed by atoms with Crippen molar-refractivity contribution in [3.8, 4) is 0 Å². The van der Waals surface area contributed by atoms with Gasteiger partial charge in [-0.15, -0.1) is 0 Å². The molecule has 0 aromatic carbocycles. The predicted molar refractivity (Wildman–Crippen MR) is 183 cm³/mol. The zero-order valence-corrected chi connectivity index (χ0v) is 41.8. The lowest BCUT2D eigenvalue weighted by atomic mass is 9.88. The standard InChI is InChI=1S/C36H17F51O7/c37-13(38,16(43,44)19(49,50)22(55,56)25(61,62)28(67,68)31(73,74)34(79,80)81)1-4-92-9(88)7-12(91,11(90)94-6-3-15(41,42)18(47,48)21(53,54)24(59,60)27(65,66)30(71,72)33(77,78)36(85,86)87)8-10(89)93-5-2-14(39,40)17(45,46)20(51,52)23(57,58)26(63,64)29(69,70)32(75,76)35(82,83)84/h91H,1-8H2. The molecule has 0 spiro atoms. The molecule has 0 amide bonds. The summed E-state index contributed by atoms with van der Waals surface area (Å²) in [6.45, 7) is -10.1. The molecule has 0 aromatic heterocycles. The van der Waals surface area contributed by atoms with E-state index in [2.05, 4.69) is 14.2 Å². The van der Waals surface area contributed by atoms with Crippen LogP contribution in [0.1, 0.15) is 32.1 Å². The van der Waals surface area contributed by atoms with Gasteiger partial charge in [-0.2, -0.15) is 224 Å². The van der Waals surface area contributed by atoms with E-state index < -0.39 is 218 Å². The maximum absolute atomic E-state index is 14.4. The molecule has 0 atom stereocenters. The number of ether oxygens (including phenoxy) is 3. The van der Waals surface area contributed by atoms with E-state index in [0.717, 1.165) is 0 Å². The number of halogens is 51. The molecule has 58 heteroatoms. The third-order valence-corrected chi connectivity index (χ3v) is 11.6. The molecule has 0 saturated heterocycles. The molecular formula is C36H17F51O7. The molecule has 0 radical (unpaired) electrons. The number of esters is 3. The topological polar surface area (TPSA) is 99.1 Å². The van der Waals surface area contributed by atoms with Crippen LogP contribution in [0.3, 0.4) is 0 Å². The summed E-state index contributed by atoms with van der Waals surface area (Å²) in [5.41, 5.74) is -5.30. The number of carbonyl (C=O) groups excluding carboxylic acids is 3. The lowest BCUT2D eigenvalue weighted by molar-refractivity contribution is -0.462. The van der Waals surface area contributed by atoms with Gasteiger partial charge in [0.05, 0.1) is 51.9 Å². The van der Waals surface area contributed by atoms with Crippen molar-refractivity contribution in [2.24, 2.45) is 0 Å². The second-order valence-corrected chi connectivity index (χ2v) is 18.2. The number of carbonyl (C=O) groups is 3. The van der Waals surface area contributed by atoms with Crippen molar-refractivity contribution < 1.29 is 258 Å². The summed E-state index contributed by atoms with van der Waals surface area (Å²) < 4.78 is 702. The van der Waals surface area contributed by atoms with Crippen LogP contribution in [-0.4, -0.2) is 191 Å². The molecule has 7 nitrogen and oxygen atoms in total. The molecule has 0 rings (SSSR count). The normalized spacial score (nSPS) is 16.3. The Hall–Kier alpha value is -5.20. The molecule has 0 aliphatic heterocycles. The highest BCUT2D eigenvalue weighted by atomic mass is 19.5. The summed E-state index contributed by atoms with van der Waals surface area (Å²) in [6.07, 6.45) is -43.6. The van der Waals surface area contributed by atoms with Crippen molar-refractivity contribution in [2.45, 2.75) is 181 Å². The quantitative estimate of drug-likeness (QED) is 0.0407. The Balaban J connectivity index is 7.53. The van der Waals surface area contributed by atoms with Crippen molar-refractivity contribution in [2.75, 3.05) is 19.8 Å². The van der Waals surface area contributed by atoms with Crippen LogP contribution in [0.25, 0.3) is 0 Å². The van der Waals surface area contributed by atoms with Crippen molar-refractivity contribution in [1.29, 1.82) is 0 Å². The molecule has 0 fully saturated rings. The molecule has 0 aromatic rings. The first kappa shape index (κ1) is 88.8. The largest absolute Gasteiger partial charge is 0.465 e. The number of aliphatic hydroxyl groups is 1. The Morgan fingerprint density at radius 1 is 0.213 bits per heavy atom. The molecule has 0 saturated carbocycles. The molecule has 0 heterocycles. The molecule has 1 N–H and O–H groups in total. The first-order chi connectivity index (χ1) is 40.1. The van der Waals surface area contributed by atoms with E-state index in [9.17, 15) is 243 Å². The van der Waals surface area contributed by atoms with Gasteiger partial charge in [-0.1, -0.05) is 0 Å². The minimum Gasteiger partial charge on any atom is -0.465 e. The molecule has 94 heavy (non-hydrogen) atoms. The van der Waals surface area contributed by atoms with Crippen LogP contribution >= 0.6 is 0 Å². The fourth-order valence-corrected chi connectivity index (χ4v) is 5.84. The van der Waals surface area contributed by atoms with Gasteiger partial charge in [0.25, 0.3) is 0 Å². The lowest BCUT2D eigenvalue weighted by Crippen LogP contribution is -2.74. The Morgan fingerprint density at radius 3 is 0.511 bits per heavy atom.